The fourth-order valence-corrected chi connectivity index (χ4v) is 6.81. The van der Waals surface area contributed by atoms with Crippen LogP contribution in [-0.2, 0) is 6.54 Å². The minimum atomic E-state index is -4.25. The van der Waals surface area contributed by atoms with Gasteiger partial charge in [-0.1, -0.05) is 0 Å². The first-order valence-corrected chi connectivity index (χ1v) is 16.5. The number of nitrogens with one attached hydrogen (secondary N) is 2. The number of nitrogens with zero attached hydrogens (tertiary/aromatic N) is 3. The number of aryl methyl sites for hydroxylation is 1. The summed E-state index contributed by atoms with van der Waals surface area (Å²) in [4.78, 5) is 38.1. The van der Waals surface area contributed by atoms with Gasteiger partial charge in [-0.15, -0.1) is 11.8 Å². The maximum atomic E-state index is 13.7. The molecule has 9 nitrogen and oxygen atoms in total. The molecule has 0 spiro atoms. The molecule has 1 atom stereocenters. The predicted molar refractivity (Wildman–Crippen MR) is 173 cm³/mol. The molecule has 0 saturated carbocycles. The van der Waals surface area contributed by atoms with Gasteiger partial charge in [-0.05, 0) is 77.2 Å². The van der Waals surface area contributed by atoms with Crippen LogP contribution in [0.5, 0.6) is 11.5 Å². The third kappa shape index (κ3) is 7.00. The van der Waals surface area contributed by atoms with Crippen LogP contribution in [0, 0.1) is 19.8 Å². The maximum absolute atomic E-state index is 13.7. The summed E-state index contributed by atoms with van der Waals surface area (Å²) in [5.74, 6) is -0.0386. The van der Waals surface area contributed by atoms with Gasteiger partial charge in [0.05, 0.1) is 6.54 Å². The second-order valence-corrected chi connectivity index (χ2v) is 12.9. The van der Waals surface area contributed by atoms with Gasteiger partial charge in [0.15, 0.2) is 11.5 Å². The summed E-state index contributed by atoms with van der Waals surface area (Å²) in [6, 6.07) is 7.42. The number of likely N-dealkylation sites (tertiary alicyclic amines) is 1. The second kappa shape index (κ2) is 13.2. The van der Waals surface area contributed by atoms with Gasteiger partial charge in [0.25, 0.3) is 17.3 Å². The number of carbonyl (C=O) groups is 1. The summed E-state index contributed by atoms with van der Waals surface area (Å²) in [7, 11) is 1.94. The molecule has 3 aromatic rings. The van der Waals surface area contributed by atoms with Crippen LogP contribution in [-0.4, -0.2) is 72.2 Å². The minimum Gasteiger partial charge on any atom is -0.448 e. The SMILES string of the molecule is CCN(C)c1ccc(-c2cc(C(=O)NCc3c(SC)cc(C)[nH]c3=O)c(C)c3c2OC(C)(C2CCN(CC(F)(F)F)CC2)O3)cn1. The van der Waals surface area contributed by atoms with E-state index >= 15 is 0 Å². The number of pyridine rings is 2. The van der Waals surface area contributed by atoms with Crippen molar-refractivity contribution < 1.29 is 27.4 Å². The van der Waals surface area contributed by atoms with Crippen molar-refractivity contribution >= 4 is 23.5 Å². The molecule has 0 bridgehead atoms. The molecule has 4 heterocycles. The summed E-state index contributed by atoms with van der Waals surface area (Å²) in [5, 5.41) is 2.91. The number of halogens is 3. The molecule has 1 unspecified atom stereocenters. The lowest BCUT2D eigenvalue weighted by molar-refractivity contribution is -0.159. The van der Waals surface area contributed by atoms with E-state index in [2.05, 4.69) is 15.3 Å². The molecule has 1 fully saturated rings. The average molecular weight is 660 g/mol. The summed E-state index contributed by atoms with van der Waals surface area (Å²) in [6.45, 7) is 7.83. The fourth-order valence-electron chi connectivity index (χ4n) is 6.10. The van der Waals surface area contributed by atoms with Gasteiger partial charge in [0, 0.05) is 77.6 Å². The van der Waals surface area contributed by atoms with E-state index in [9.17, 15) is 22.8 Å². The number of hydrogen-bond acceptors (Lipinski definition) is 8. The third-order valence-corrected chi connectivity index (χ3v) is 9.67. The number of hydrogen-bond donors (Lipinski definition) is 2. The number of fused-ring (bicyclic) bond motifs is 1. The Morgan fingerprint density at radius 3 is 2.50 bits per heavy atom. The molecule has 1 amide bonds. The van der Waals surface area contributed by atoms with Crippen molar-refractivity contribution in [1.82, 2.24) is 20.2 Å². The van der Waals surface area contributed by atoms with Gasteiger partial charge >= 0.3 is 6.18 Å². The topological polar surface area (TPSA) is 99.8 Å². The van der Waals surface area contributed by atoms with Crippen LogP contribution < -0.4 is 25.2 Å². The zero-order valence-corrected chi connectivity index (χ0v) is 27.7. The minimum absolute atomic E-state index is 0.0294. The number of aromatic nitrogens is 2. The van der Waals surface area contributed by atoms with Crippen molar-refractivity contribution in [3.63, 3.8) is 0 Å². The van der Waals surface area contributed by atoms with Gasteiger partial charge in [0.2, 0.25) is 0 Å². The Kier molecular flexibility index (Phi) is 9.65. The number of ether oxygens (including phenoxy) is 2. The first-order chi connectivity index (χ1) is 21.7. The molecule has 1 aromatic carbocycles. The summed E-state index contributed by atoms with van der Waals surface area (Å²) in [6.07, 6.45) is 0.271. The van der Waals surface area contributed by atoms with Crippen molar-refractivity contribution in [3.8, 4) is 22.6 Å². The molecule has 2 aliphatic rings. The molecule has 2 aliphatic heterocycles. The predicted octanol–water partition coefficient (Wildman–Crippen LogP) is 5.92. The van der Waals surface area contributed by atoms with E-state index in [1.165, 1.54) is 16.7 Å². The number of benzene rings is 1. The smallest absolute Gasteiger partial charge is 0.401 e. The highest BCUT2D eigenvalue weighted by Crippen LogP contribution is 2.52. The molecule has 5 rings (SSSR count). The van der Waals surface area contributed by atoms with E-state index in [1.54, 1.807) is 19.2 Å². The molecule has 248 valence electrons. The van der Waals surface area contributed by atoms with Crippen LogP contribution in [0.4, 0.5) is 19.0 Å². The largest absolute Gasteiger partial charge is 0.448 e. The van der Waals surface area contributed by atoms with Crippen LogP contribution in [0.1, 0.15) is 53.9 Å². The van der Waals surface area contributed by atoms with Crippen molar-refractivity contribution in [2.75, 3.05) is 44.4 Å². The molecule has 0 radical (unpaired) electrons. The monoisotopic (exact) mass is 659 g/mol. The Labute approximate surface area is 270 Å². The third-order valence-electron chi connectivity index (χ3n) is 8.87. The molecule has 13 heteroatoms. The number of aromatic amines is 1. The van der Waals surface area contributed by atoms with Crippen LogP contribution in [0.15, 0.2) is 40.2 Å². The number of H-pyrrole nitrogens is 1. The second-order valence-electron chi connectivity index (χ2n) is 12.1. The van der Waals surface area contributed by atoms with Gasteiger partial charge in [-0.25, -0.2) is 4.98 Å². The number of amides is 1. The zero-order chi connectivity index (χ0) is 33.4. The number of anilines is 1. The van der Waals surface area contributed by atoms with E-state index in [-0.39, 0.29) is 37.0 Å². The molecule has 2 aromatic heterocycles. The van der Waals surface area contributed by atoms with Gasteiger partial charge < -0.3 is 24.7 Å². The summed E-state index contributed by atoms with van der Waals surface area (Å²) >= 11 is 1.43. The highest BCUT2D eigenvalue weighted by molar-refractivity contribution is 7.98. The Morgan fingerprint density at radius 1 is 1.20 bits per heavy atom. The Balaban J connectivity index is 1.47. The van der Waals surface area contributed by atoms with Crippen LogP contribution in [0.25, 0.3) is 11.1 Å². The molecule has 0 aliphatic carbocycles. The Bertz CT molecular complexity index is 1650. The standard InChI is InChI=1S/C33H40F3N5O4S/c1-7-40(5)27-9-8-21(16-37-27)24-15-23(30(42)38-17-25-26(46-6)14-19(2)39-31(25)43)20(3)28-29(24)45-32(4,44-28)22-10-12-41(13-11-22)18-33(34,35)36/h8-9,14-16,22H,7,10-13,17-18H2,1-6H3,(H,38,42)(H,39,43). The van der Waals surface area contributed by atoms with Gasteiger partial charge in [-0.3, -0.25) is 14.5 Å². The van der Waals surface area contributed by atoms with E-state index in [1.807, 2.05) is 57.2 Å². The lowest BCUT2D eigenvalue weighted by atomic mass is 9.89. The van der Waals surface area contributed by atoms with E-state index in [4.69, 9.17) is 9.47 Å². The number of alkyl halides is 3. The fraction of sp³-hybridized carbons (Fsp3) is 0.485. The van der Waals surface area contributed by atoms with E-state index < -0.39 is 18.5 Å². The van der Waals surface area contributed by atoms with Crippen LogP contribution in [0.3, 0.4) is 0 Å². The number of piperidine rings is 1. The molecule has 46 heavy (non-hydrogen) atoms. The van der Waals surface area contributed by atoms with Crippen LogP contribution >= 0.6 is 11.8 Å². The van der Waals surface area contributed by atoms with Crippen molar-refractivity contribution in [2.24, 2.45) is 5.92 Å². The molecule has 2 N–H and O–H groups in total. The summed E-state index contributed by atoms with van der Waals surface area (Å²) < 4.78 is 52.1. The summed E-state index contributed by atoms with van der Waals surface area (Å²) in [5.41, 5.74) is 3.19. The first-order valence-electron chi connectivity index (χ1n) is 15.3. The molecular weight excluding hydrogens is 619 g/mol. The van der Waals surface area contributed by atoms with Gasteiger partial charge in [0.1, 0.15) is 5.82 Å². The molecular formula is C33H40F3N5O4S. The number of rotatable bonds is 9. The first kappa shape index (κ1) is 33.6. The van der Waals surface area contributed by atoms with Gasteiger partial charge in [-0.2, -0.15) is 13.2 Å². The van der Waals surface area contributed by atoms with Crippen molar-refractivity contribution in [3.05, 3.63) is 63.2 Å². The number of thioether (sulfide) groups is 1. The average Bonchev–Trinajstić information content (AvgIpc) is 3.38. The zero-order valence-electron chi connectivity index (χ0n) is 26.9. The Morgan fingerprint density at radius 2 is 1.89 bits per heavy atom. The quantitative estimate of drug-likeness (QED) is 0.273. The maximum Gasteiger partial charge on any atom is 0.401 e. The highest BCUT2D eigenvalue weighted by Gasteiger charge is 2.48. The normalized spacial score (nSPS) is 18.5. The lowest BCUT2D eigenvalue weighted by Gasteiger charge is -2.39. The Hall–Kier alpha value is -3.71. The van der Waals surface area contributed by atoms with E-state index in [0.29, 0.717) is 52.2 Å². The number of carbonyl (C=O) groups excluding carboxylic acids is 1. The lowest BCUT2D eigenvalue weighted by Crippen LogP contribution is -2.49. The van der Waals surface area contributed by atoms with E-state index in [0.717, 1.165) is 23.0 Å². The molecule has 1 saturated heterocycles. The van der Waals surface area contributed by atoms with Crippen LogP contribution in [0.2, 0.25) is 0 Å². The van der Waals surface area contributed by atoms with Crippen molar-refractivity contribution in [1.29, 1.82) is 0 Å². The highest BCUT2D eigenvalue weighted by atomic mass is 32.2. The van der Waals surface area contributed by atoms with Crippen molar-refractivity contribution in [2.45, 2.75) is 63.9 Å².